The van der Waals surface area contributed by atoms with E-state index in [1.807, 2.05) is 0 Å². The predicted octanol–water partition coefficient (Wildman–Crippen LogP) is 2.92. The van der Waals surface area contributed by atoms with Gasteiger partial charge < -0.3 is 5.32 Å². The summed E-state index contributed by atoms with van der Waals surface area (Å²) in [6.07, 6.45) is -2.52. The standard InChI is InChI=1S/C11H14F3N/c1-3-11(15-2,10(13)14)8-6-4-5-7-9(8)12/h4-7,10,15H,3H2,1-2H3. The molecule has 0 bridgehead atoms. The average molecular weight is 217 g/mol. The van der Waals surface area contributed by atoms with Crippen molar-refractivity contribution >= 4 is 0 Å². The van der Waals surface area contributed by atoms with Crippen molar-refractivity contribution < 1.29 is 13.2 Å². The second-order valence-corrected chi connectivity index (χ2v) is 3.36. The molecule has 1 aromatic rings. The van der Waals surface area contributed by atoms with Crippen LogP contribution in [0.4, 0.5) is 13.2 Å². The molecule has 1 nitrogen and oxygen atoms in total. The molecule has 0 amide bonds. The zero-order valence-corrected chi connectivity index (χ0v) is 8.73. The van der Waals surface area contributed by atoms with Gasteiger partial charge in [-0.1, -0.05) is 25.1 Å². The lowest BCUT2D eigenvalue weighted by atomic mass is 9.87. The van der Waals surface area contributed by atoms with Crippen molar-refractivity contribution in [3.8, 4) is 0 Å². The van der Waals surface area contributed by atoms with Gasteiger partial charge in [0.15, 0.2) is 0 Å². The molecule has 1 rings (SSSR count). The highest BCUT2D eigenvalue weighted by Gasteiger charge is 2.40. The van der Waals surface area contributed by atoms with Crippen LogP contribution in [0.2, 0.25) is 0 Å². The van der Waals surface area contributed by atoms with Gasteiger partial charge in [-0.25, -0.2) is 13.2 Å². The van der Waals surface area contributed by atoms with Crippen molar-refractivity contribution in [1.29, 1.82) is 0 Å². The largest absolute Gasteiger partial charge is 0.306 e. The molecule has 0 saturated heterocycles. The molecule has 0 aliphatic heterocycles. The van der Waals surface area contributed by atoms with Gasteiger partial charge in [0.25, 0.3) is 6.43 Å². The molecule has 84 valence electrons. The van der Waals surface area contributed by atoms with Crippen molar-refractivity contribution in [2.24, 2.45) is 0 Å². The molecule has 1 unspecified atom stereocenters. The summed E-state index contributed by atoms with van der Waals surface area (Å²) >= 11 is 0. The lowest BCUT2D eigenvalue weighted by Crippen LogP contribution is -2.46. The third-order valence-electron chi connectivity index (χ3n) is 2.73. The summed E-state index contributed by atoms with van der Waals surface area (Å²) in [6, 6.07) is 5.63. The first-order chi connectivity index (χ1) is 7.08. The molecule has 15 heavy (non-hydrogen) atoms. The maximum absolute atomic E-state index is 13.4. The Labute approximate surface area is 87.3 Å². The second kappa shape index (κ2) is 4.66. The molecule has 0 radical (unpaired) electrons. The SMILES string of the molecule is CCC(NC)(c1ccccc1F)C(F)F. The van der Waals surface area contributed by atoms with Gasteiger partial charge in [-0.3, -0.25) is 0 Å². The quantitative estimate of drug-likeness (QED) is 0.817. The number of nitrogens with one attached hydrogen (secondary N) is 1. The molecule has 1 aromatic carbocycles. The number of rotatable bonds is 4. The Bertz CT molecular complexity index is 321. The van der Waals surface area contributed by atoms with Crippen LogP contribution < -0.4 is 5.32 Å². The second-order valence-electron chi connectivity index (χ2n) is 3.36. The Balaban J connectivity index is 3.26. The van der Waals surface area contributed by atoms with E-state index in [9.17, 15) is 13.2 Å². The van der Waals surface area contributed by atoms with E-state index in [4.69, 9.17) is 0 Å². The van der Waals surface area contributed by atoms with Gasteiger partial charge >= 0.3 is 0 Å². The van der Waals surface area contributed by atoms with E-state index >= 15 is 0 Å². The van der Waals surface area contributed by atoms with E-state index < -0.39 is 17.8 Å². The van der Waals surface area contributed by atoms with Crippen LogP contribution in [-0.4, -0.2) is 13.5 Å². The molecule has 0 aliphatic rings. The van der Waals surface area contributed by atoms with Crippen LogP contribution in [0.3, 0.4) is 0 Å². The molecule has 4 heteroatoms. The van der Waals surface area contributed by atoms with E-state index in [2.05, 4.69) is 5.32 Å². The third kappa shape index (κ3) is 2.00. The summed E-state index contributed by atoms with van der Waals surface area (Å²) in [4.78, 5) is 0. The summed E-state index contributed by atoms with van der Waals surface area (Å²) in [5.74, 6) is -0.603. The van der Waals surface area contributed by atoms with Gasteiger partial charge in [-0.2, -0.15) is 0 Å². The molecule has 0 aliphatic carbocycles. The van der Waals surface area contributed by atoms with E-state index in [1.54, 1.807) is 13.0 Å². The van der Waals surface area contributed by atoms with Gasteiger partial charge in [0.1, 0.15) is 11.4 Å². The summed E-state index contributed by atoms with van der Waals surface area (Å²) < 4.78 is 39.4. The van der Waals surface area contributed by atoms with E-state index in [1.165, 1.54) is 25.2 Å². The minimum atomic E-state index is -2.65. The molecule has 1 N–H and O–H groups in total. The number of benzene rings is 1. The highest BCUT2D eigenvalue weighted by atomic mass is 19.3. The highest BCUT2D eigenvalue weighted by molar-refractivity contribution is 5.27. The van der Waals surface area contributed by atoms with Crippen LogP contribution >= 0.6 is 0 Å². The first-order valence-electron chi connectivity index (χ1n) is 4.80. The molecular formula is C11H14F3N. The van der Waals surface area contributed by atoms with Gasteiger partial charge in [0.2, 0.25) is 0 Å². The van der Waals surface area contributed by atoms with Crippen LogP contribution in [0.5, 0.6) is 0 Å². The molecule has 0 aromatic heterocycles. The van der Waals surface area contributed by atoms with Crippen molar-refractivity contribution in [1.82, 2.24) is 5.32 Å². The lowest BCUT2D eigenvalue weighted by Gasteiger charge is -2.32. The van der Waals surface area contributed by atoms with Crippen molar-refractivity contribution in [3.05, 3.63) is 35.6 Å². The first-order valence-corrected chi connectivity index (χ1v) is 4.80. The molecule has 1 atom stereocenters. The number of halogens is 3. The van der Waals surface area contributed by atoms with E-state index in [-0.39, 0.29) is 12.0 Å². The Morgan fingerprint density at radius 2 is 1.93 bits per heavy atom. The van der Waals surface area contributed by atoms with Crippen molar-refractivity contribution in [2.75, 3.05) is 7.05 Å². The van der Waals surface area contributed by atoms with Crippen LogP contribution in [-0.2, 0) is 5.54 Å². The maximum Gasteiger partial charge on any atom is 0.260 e. The Morgan fingerprint density at radius 1 is 1.33 bits per heavy atom. The monoisotopic (exact) mass is 217 g/mol. The fourth-order valence-electron chi connectivity index (χ4n) is 1.71. The van der Waals surface area contributed by atoms with E-state index in [0.29, 0.717) is 0 Å². The molecule has 0 spiro atoms. The van der Waals surface area contributed by atoms with Gasteiger partial charge in [0.05, 0.1) is 0 Å². The number of alkyl halides is 2. The zero-order chi connectivity index (χ0) is 11.5. The van der Waals surface area contributed by atoms with Gasteiger partial charge in [0, 0.05) is 5.56 Å². The van der Waals surface area contributed by atoms with Crippen LogP contribution in [0.25, 0.3) is 0 Å². The fraction of sp³-hybridized carbons (Fsp3) is 0.455. The number of hydrogen-bond donors (Lipinski definition) is 1. The fourth-order valence-corrected chi connectivity index (χ4v) is 1.71. The predicted molar refractivity (Wildman–Crippen MR) is 53.4 cm³/mol. The Morgan fingerprint density at radius 3 is 2.33 bits per heavy atom. The normalized spacial score (nSPS) is 15.3. The molecule has 0 saturated carbocycles. The van der Waals surface area contributed by atoms with Gasteiger partial charge in [-0.05, 0) is 19.5 Å². The smallest absolute Gasteiger partial charge is 0.260 e. The molecule has 0 heterocycles. The highest BCUT2D eigenvalue weighted by Crippen LogP contribution is 2.32. The van der Waals surface area contributed by atoms with Crippen LogP contribution in [0.1, 0.15) is 18.9 Å². The minimum Gasteiger partial charge on any atom is -0.306 e. The Hall–Kier alpha value is -1.03. The van der Waals surface area contributed by atoms with Crippen LogP contribution in [0, 0.1) is 5.82 Å². The Kier molecular flexibility index (Phi) is 3.74. The molecular weight excluding hydrogens is 203 g/mol. The molecule has 0 fully saturated rings. The van der Waals surface area contributed by atoms with Crippen LogP contribution in [0.15, 0.2) is 24.3 Å². The minimum absolute atomic E-state index is 0.0185. The summed E-state index contributed by atoms with van der Waals surface area (Å²) in [6.45, 7) is 1.61. The summed E-state index contributed by atoms with van der Waals surface area (Å²) in [5.41, 5.74) is -1.57. The summed E-state index contributed by atoms with van der Waals surface area (Å²) in [5, 5.41) is 2.53. The lowest BCUT2D eigenvalue weighted by molar-refractivity contribution is 0.0270. The summed E-state index contributed by atoms with van der Waals surface area (Å²) in [7, 11) is 1.42. The maximum atomic E-state index is 13.4. The topological polar surface area (TPSA) is 12.0 Å². The number of hydrogen-bond acceptors (Lipinski definition) is 1. The zero-order valence-electron chi connectivity index (χ0n) is 8.73. The van der Waals surface area contributed by atoms with Crippen molar-refractivity contribution in [3.63, 3.8) is 0 Å². The van der Waals surface area contributed by atoms with E-state index in [0.717, 1.165) is 0 Å². The van der Waals surface area contributed by atoms with Crippen molar-refractivity contribution in [2.45, 2.75) is 25.3 Å². The first kappa shape index (κ1) is 12.0. The van der Waals surface area contributed by atoms with Gasteiger partial charge in [-0.15, -0.1) is 0 Å². The third-order valence-corrected chi connectivity index (χ3v) is 2.73. The average Bonchev–Trinajstić information content (AvgIpc) is 2.22.